The van der Waals surface area contributed by atoms with Crippen molar-refractivity contribution in [2.24, 2.45) is 0 Å². The molecule has 5 nitrogen and oxygen atoms in total. The van der Waals surface area contributed by atoms with Crippen LogP contribution in [0.1, 0.15) is 26.4 Å². The largest absolute Gasteiger partial charge is 0.477 e. The first-order valence-electron chi connectivity index (χ1n) is 5.74. The predicted molar refractivity (Wildman–Crippen MR) is 75.3 cm³/mol. The Morgan fingerprint density at radius 3 is 2.55 bits per heavy atom. The summed E-state index contributed by atoms with van der Waals surface area (Å²) < 4.78 is 0. The molecule has 0 radical (unpaired) electrons. The van der Waals surface area contributed by atoms with E-state index in [9.17, 15) is 9.59 Å². The Labute approximate surface area is 120 Å². The number of halogens is 1. The van der Waals surface area contributed by atoms with Gasteiger partial charge in [0.2, 0.25) is 0 Å². The number of benzene rings is 1. The zero-order chi connectivity index (χ0) is 14.7. The number of hydrogen-bond donors (Lipinski definition) is 2. The summed E-state index contributed by atoms with van der Waals surface area (Å²) in [4.78, 5) is 26.4. The van der Waals surface area contributed by atoms with Gasteiger partial charge in [-0.3, -0.25) is 4.79 Å². The summed E-state index contributed by atoms with van der Waals surface area (Å²) in [6.45, 7) is 1.83. The minimum atomic E-state index is -1.13. The number of amides is 1. The molecule has 2 aromatic rings. The van der Waals surface area contributed by atoms with Crippen LogP contribution in [0.5, 0.6) is 0 Å². The molecule has 0 fully saturated rings. The minimum absolute atomic E-state index is 0.107. The molecule has 0 spiro atoms. The summed E-state index contributed by atoms with van der Waals surface area (Å²) >= 11 is 5.84. The van der Waals surface area contributed by atoms with Crippen molar-refractivity contribution in [2.45, 2.75) is 6.92 Å². The van der Waals surface area contributed by atoms with Crippen molar-refractivity contribution in [1.82, 2.24) is 4.98 Å². The second-order valence-electron chi connectivity index (χ2n) is 4.15. The SMILES string of the molecule is Cc1cc(Cl)ccc1NC(=O)c1ccc(C(=O)O)nc1. The fourth-order valence-electron chi connectivity index (χ4n) is 1.62. The number of nitrogens with one attached hydrogen (secondary N) is 1. The summed E-state index contributed by atoms with van der Waals surface area (Å²) in [7, 11) is 0. The lowest BCUT2D eigenvalue weighted by Crippen LogP contribution is -2.13. The van der Waals surface area contributed by atoms with Gasteiger partial charge in [-0.2, -0.15) is 0 Å². The number of anilines is 1. The molecule has 0 saturated heterocycles. The minimum Gasteiger partial charge on any atom is -0.477 e. The highest BCUT2D eigenvalue weighted by Gasteiger charge is 2.10. The third-order valence-electron chi connectivity index (χ3n) is 2.68. The zero-order valence-electron chi connectivity index (χ0n) is 10.6. The van der Waals surface area contributed by atoms with Crippen molar-refractivity contribution in [1.29, 1.82) is 0 Å². The van der Waals surface area contributed by atoms with Crippen LogP contribution >= 0.6 is 11.6 Å². The molecule has 0 unspecified atom stereocenters. The van der Waals surface area contributed by atoms with Gasteiger partial charge in [0.25, 0.3) is 5.91 Å². The average molecular weight is 291 g/mol. The van der Waals surface area contributed by atoms with Gasteiger partial charge in [0.05, 0.1) is 5.56 Å². The Bertz CT molecular complexity index is 669. The van der Waals surface area contributed by atoms with Crippen LogP contribution in [-0.4, -0.2) is 22.0 Å². The maximum atomic E-state index is 12.0. The van der Waals surface area contributed by atoms with Gasteiger partial charge < -0.3 is 10.4 Å². The van der Waals surface area contributed by atoms with Crippen LogP contribution in [0.3, 0.4) is 0 Å². The van der Waals surface area contributed by atoms with Crippen molar-refractivity contribution in [3.05, 3.63) is 58.4 Å². The molecule has 2 rings (SSSR count). The molecule has 20 heavy (non-hydrogen) atoms. The molecular weight excluding hydrogens is 280 g/mol. The van der Waals surface area contributed by atoms with Crippen LogP contribution in [0.4, 0.5) is 5.69 Å². The molecule has 1 heterocycles. The van der Waals surface area contributed by atoms with Crippen molar-refractivity contribution in [3.63, 3.8) is 0 Å². The van der Waals surface area contributed by atoms with Crippen LogP contribution in [-0.2, 0) is 0 Å². The number of rotatable bonds is 3. The highest BCUT2D eigenvalue weighted by atomic mass is 35.5. The molecular formula is C14H11ClN2O3. The Morgan fingerprint density at radius 1 is 1.25 bits per heavy atom. The summed E-state index contributed by atoms with van der Waals surface area (Å²) in [5.41, 5.74) is 1.65. The molecule has 0 aliphatic heterocycles. The topological polar surface area (TPSA) is 79.3 Å². The second kappa shape index (κ2) is 5.71. The van der Waals surface area contributed by atoms with E-state index in [4.69, 9.17) is 16.7 Å². The van der Waals surface area contributed by atoms with Gasteiger partial charge in [0.15, 0.2) is 0 Å². The van der Waals surface area contributed by atoms with Gasteiger partial charge in [-0.15, -0.1) is 0 Å². The lowest BCUT2D eigenvalue weighted by molar-refractivity contribution is 0.0690. The Balaban J connectivity index is 2.17. The molecule has 0 bridgehead atoms. The number of hydrogen-bond acceptors (Lipinski definition) is 3. The fraction of sp³-hybridized carbons (Fsp3) is 0.0714. The smallest absolute Gasteiger partial charge is 0.354 e. The van der Waals surface area contributed by atoms with Gasteiger partial charge in [-0.05, 0) is 42.8 Å². The molecule has 0 saturated carbocycles. The van der Waals surface area contributed by atoms with Gasteiger partial charge >= 0.3 is 5.97 Å². The number of carbonyl (C=O) groups is 2. The summed E-state index contributed by atoms with van der Waals surface area (Å²) in [6, 6.07) is 7.82. The Hall–Kier alpha value is -2.40. The highest BCUT2D eigenvalue weighted by molar-refractivity contribution is 6.30. The van der Waals surface area contributed by atoms with Gasteiger partial charge in [-0.25, -0.2) is 9.78 Å². The Morgan fingerprint density at radius 2 is 2.00 bits per heavy atom. The summed E-state index contributed by atoms with van der Waals surface area (Å²) in [6.07, 6.45) is 1.23. The maximum absolute atomic E-state index is 12.0. The van der Waals surface area contributed by atoms with E-state index in [1.165, 1.54) is 18.3 Å². The van der Waals surface area contributed by atoms with Gasteiger partial charge in [0.1, 0.15) is 5.69 Å². The first-order chi connectivity index (χ1) is 9.47. The maximum Gasteiger partial charge on any atom is 0.354 e. The number of aryl methyl sites for hydroxylation is 1. The first kappa shape index (κ1) is 14.0. The molecule has 6 heteroatoms. The second-order valence-corrected chi connectivity index (χ2v) is 4.59. The van der Waals surface area contributed by atoms with Gasteiger partial charge in [0, 0.05) is 16.9 Å². The van der Waals surface area contributed by atoms with Gasteiger partial charge in [-0.1, -0.05) is 11.6 Å². The van der Waals surface area contributed by atoms with E-state index >= 15 is 0 Å². The lowest BCUT2D eigenvalue weighted by Gasteiger charge is -2.08. The van der Waals surface area contributed by atoms with Crippen LogP contribution in [0.25, 0.3) is 0 Å². The van der Waals surface area contributed by atoms with E-state index in [0.29, 0.717) is 10.7 Å². The van der Waals surface area contributed by atoms with E-state index in [0.717, 1.165) is 5.56 Å². The van der Waals surface area contributed by atoms with Crippen molar-refractivity contribution >= 4 is 29.2 Å². The van der Waals surface area contributed by atoms with Crippen molar-refractivity contribution in [2.75, 3.05) is 5.32 Å². The zero-order valence-corrected chi connectivity index (χ0v) is 11.3. The Kier molecular flexibility index (Phi) is 4.00. The van der Waals surface area contributed by atoms with Crippen molar-refractivity contribution in [3.8, 4) is 0 Å². The predicted octanol–water partition coefficient (Wildman–Crippen LogP) is 2.99. The van der Waals surface area contributed by atoms with E-state index < -0.39 is 5.97 Å². The van der Waals surface area contributed by atoms with E-state index in [-0.39, 0.29) is 17.2 Å². The molecule has 1 aromatic carbocycles. The normalized spacial score (nSPS) is 10.1. The third kappa shape index (κ3) is 3.13. The highest BCUT2D eigenvalue weighted by Crippen LogP contribution is 2.20. The molecule has 0 aliphatic rings. The molecule has 0 aliphatic carbocycles. The number of nitrogens with zero attached hydrogens (tertiary/aromatic N) is 1. The monoisotopic (exact) mass is 290 g/mol. The van der Waals surface area contributed by atoms with Crippen molar-refractivity contribution < 1.29 is 14.7 Å². The molecule has 1 amide bonds. The number of carbonyl (C=O) groups excluding carboxylic acids is 1. The van der Waals surface area contributed by atoms with Crippen LogP contribution in [0.15, 0.2) is 36.5 Å². The van der Waals surface area contributed by atoms with Crippen LogP contribution in [0, 0.1) is 6.92 Å². The van der Waals surface area contributed by atoms with Crippen LogP contribution in [0.2, 0.25) is 5.02 Å². The number of aromatic nitrogens is 1. The number of pyridine rings is 1. The van der Waals surface area contributed by atoms with E-state index in [1.807, 2.05) is 6.92 Å². The van der Waals surface area contributed by atoms with Crippen LogP contribution < -0.4 is 5.32 Å². The van der Waals surface area contributed by atoms with E-state index in [2.05, 4.69) is 10.3 Å². The third-order valence-corrected chi connectivity index (χ3v) is 2.92. The molecule has 0 atom stereocenters. The van der Waals surface area contributed by atoms with E-state index in [1.54, 1.807) is 18.2 Å². The molecule has 2 N–H and O–H groups in total. The quantitative estimate of drug-likeness (QED) is 0.911. The standard InChI is InChI=1S/C14H11ClN2O3/c1-8-6-10(15)3-5-11(8)17-13(18)9-2-4-12(14(19)20)16-7-9/h2-7H,1H3,(H,17,18)(H,19,20). The molecule has 1 aromatic heterocycles. The lowest BCUT2D eigenvalue weighted by atomic mass is 10.2. The average Bonchev–Trinajstić information content (AvgIpc) is 2.42. The summed E-state index contributed by atoms with van der Waals surface area (Å²) in [5.74, 6) is -1.50. The number of carboxylic acid groups (broad SMARTS) is 1. The summed E-state index contributed by atoms with van der Waals surface area (Å²) in [5, 5.41) is 12.0. The molecule has 102 valence electrons. The number of aromatic carboxylic acids is 1. The first-order valence-corrected chi connectivity index (χ1v) is 6.12. The number of carboxylic acids is 1. The fourth-order valence-corrected chi connectivity index (χ4v) is 1.84.